The summed E-state index contributed by atoms with van der Waals surface area (Å²) in [5.41, 5.74) is 0. The molecule has 0 heterocycles. The summed E-state index contributed by atoms with van der Waals surface area (Å²) >= 11 is 0. The summed E-state index contributed by atoms with van der Waals surface area (Å²) in [6, 6.07) is -0.531. The van der Waals surface area contributed by atoms with Gasteiger partial charge in [0, 0.05) is 6.54 Å². The van der Waals surface area contributed by atoms with E-state index in [1.54, 1.807) is 0 Å². The Bertz CT molecular complexity index is 139. The van der Waals surface area contributed by atoms with Gasteiger partial charge in [0.25, 0.3) is 0 Å². The number of unbranched alkanes of at least 4 members (excludes halogenated alkanes) is 1. The van der Waals surface area contributed by atoms with Gasteiger partial charge in [-0.05, 0) is 12.8 Å². The lowest BCUT2D eigenvalue weighted by Gasteiger charge is -2.22. The van der Waals surface area contributed by atoms with Crippen molar-refractivity contribution in [2.24, 2.45) is 5.84 Å². The number of carboxylic acids is 1. The highest BCUT2D eigenvalue weighted by molar-refractivity contribution is 5.73. The molecule has 12 heavy (non-hydrogen) atoms. The summed E-state index contributed by atoms with van der Waals surface area (Å²) in [4.78, 5) is 10.6. The highest BCUT2D eigenvalue weighted by Gasteiger charge is 2.19. The average molecular weight is 174 g/mol. The molecule has 0 radical (unpaired) electrons. The van der Waals surface area contributed by atoms with Crippen molar-refractivity contribution < 1.29 is 9.90 Å². The first-order valence-electron chi connectivity index (χ1n) is 4.37. The van der Waals surface area contributed by atoms with Crippen molar-refractivity contribution in [1.82, 2.24) is 5.01 Å². The summed E-state index contributed by atoms with van der Waals surface area (Å²) in [6.07, 6.45) is 2.53. The lowest BCUT2D eigenvalue weighted by molar-refractivity contribution is -0.143. The van der Waals surface area contributed by atoms with Gasteiger partial charge in [0.05, 0.1) is 0 Å². The first-order chi connectivity index (χ1) is 5.63. The van der Waals surface area contributed by atoms with Crippen molar-refractivity contribution in [3.8, 4) is 0 Å². The van der Waals surface area contributed by atoms with E-state index in [1.807, 2.05) is 6.92 Å². The van der Waals surface area contributed by atoms with Crippen molar-refractivity contribution in [1.29, 1.82) is 0 Å². The molecule has 1 unspecified atom stereocenters. The van der Waals surface area contributed by atoms with Gasteiger partial charge in [0.1, 0.15) is 6.04 Å². The van der Waals surface area contributed by atoms with E-state index < -0.39 is 12.0 Å². The zero-order valence-corrected chi connectivity index (χ0v) is 7.79. The van der Waals surface area contributed by atoms with Gasteiger partial charge in [-0.1, -0.05) is 20.3 Å². The number of nitrogens with zero attached hydrogens (tertiary/aromatic N) is 1. The predicted octanol–water partition coefficient (Wildman–Crippen LogP) is 0.825. The summed E-state index contributed by atoms with van der Waals surface area (Å²) in [6.45, 7) is 4.53. The third kappa shape index (κ3) is 3.69. The molecule has 0 amide bonds. The van der Waals surface area contributed by atoms with Crippen LogP contribution in [0.3, 0.4) is 0 Å². The molecular weight excluding hydrogens is 156 g/mol. The van der Waals surface area contributed by atoms with Crippen molar-refractivity contribution in [2.45, 2.75) is 39.2 Å². The van der Waals surface area contributed by atoms with Gasteiger partial charge in [-0.2, -0.15) is 0 Å². The molecule has 0 saturated carbocycles. The van der Waals surface area contributed by atoms with E-state index in [0.717, 1.165) is 12.8 Å². The molecule has 72 valence electrons. The molecule has 1 atom stereocenters. The molecular formula is C8H18N2O2. The number of hydrogen-bond donors (Lipinski definition) is 2. The average Bonchev–Trinajstić information content (AvgIpc) is 2.01. The van der Waals surface area contributed by atoms with E-state index in [9.17, 15) is 4.79 Å². The van der Waals surface area contributed by atoms with Crippen LogP contribution in [0.15, 0.2) is 0 Å². The molecule has 3 N–H and O–H groups in total. The Hall–Kier alpha value is -0.610. The number of hydrazine groups is 1. The van der Waals surface area contributed by atoms with Crippen LogP contribution < -0.4 is 5.84 Å². The second-order valence-electron chi connectivity index (χ2n) is 2.85. The fraction of sp³-hybridized carbons (Fsp3) is 0.875. The highest BCUT2D eigenvalue weighted by Crippen LogP contribution is 2.01. The Kier molecular flexibility index (Phi) is 5.66. The standard InChI is InChI=1S/C8H18N2O2/c1-3-5-6-10(9)7(4-2)8(11)12/h7H,3-6,9H2,1-2H3,(H,11,12). The molecule has 0 aliphatic heterocycles. The first kappa shape index (κ1) is 11.4. The van der Waals surface area contributed by atoms with Crippen LogP contribution in [0.2, 0.25) is 0 Å². The van der Waals surface area contributed by atoms with Crippen molar-refractivity contribution in [3.63, 3.8) is 0 Å². The smallest absolute Gasteiger partial charge is 0.322 e. The SMILES string of the molecule is CCCCN(N)C(CC)C(=O)O. The lowest BCUT2D eigenvalue weighted by atomic mass is 10.2. The summed E-state index contributed by atoms with van der Waals surface area (Å²) in [7, 11) is 0. The Balaban J connectivity index is 3.85. The Morgan fingerprint density at radius 3 is 2.50 bits per heavy atom. The number of carboxylic acid groups (broad SMARTS) is 1. The highest BCUT2D eigenvalue weighted by atomic mass is 16.4. The van der Waals surface area contributed by atoms with Crippen LogP contribution in [0.5, 0.6) is 0 Å². The molecule has 0 aromatic heterocycles. The molecule has 0 fully saturated rings. The van der Waals surface area contributed by atoms with Gasteiger partial charge < -0.3 is 5.11 Å². The zero-order valence-electron chi connectivity index (χ0n) is 7.79. The Morgan fingerprint density at radius 2 is 2.17 bits per heavy atom. The van der Waals surface area contributed by atoms with E-state index in [-0.39, 0.29) is 0 Å². The molecule has 4 nitrogen and oxygen atoms in total. The fourth-order valence-electron chi connectivity index (χ4n) is 1.05. The number of rotatable bonds is 6. The fourth-order valence-corrected chi connectivity index (χ4v) is 1.05. The Labute approximate surface area is 73.3 Å². The third-order valence-corrected chi connectivity index (χ3v) is 1.84. The van der Waals surface area contributed by atoms with E-state index >= 15 is 0 Å². The lowest BCUT2D eigenvalue weighted by Crippen LogP contribution is -2.46. The van der Waals surface area contributed by atoms with Crippen molar-refractivity contribution >= 4 is 5.97 Å². The minimum absolute atomic E-state index is 0.531. The van der Waals surface area contributed by atoms with Gasteiger partial charge in [0.2, 0.25) is 0 Å². The van der Waals surface area contributed by atoms with Gasteiger partial charge in [-0.15, -0.1) is 0 Å². The van der Waals surface area contributed by atoms with Crippen LogP contribution in [0, 0.1) is 0 Å². The first-order valence-corrected chi connectivity index (χ1v) is 4.37. The minimum atomic E-state index is -0.837. The molecule has 0 spiro atoms. The van der Waals surface area contributed by atoms with Crippen LogP contribution in [0.25, 0.3) is 0 Å². The van der Waals surface area contributed by atoms with E-state index in [0.29, 0.717) is 13.0 Å². The maximum absolute atomic E-state index is 10.6. The zero-order chi connectivity index (χ0) is 9.56. The van der Waals surface area contributed by atoms with Crippen LogP contribution in [0.1, 0.15) is 33.1 Å². The molecule has 0 aliphatic rings. The van der Waals surface area contributed by atoms with Gasteiger partial charge >= 0.3 is 5.97 Å². The van der Waals surface area contributed by atoms with Crippen molar-refractivity contribution in [3.05, 3.63) is 0 Å². The predicted molar refractivity (Wildman–Crippen MR) is 47.5 cm³/mol. The summed E-state index contributed by atoms with van der Waals surface area (Å²) in [5.74, 6) is 4.73. The van der Waals surface area contributed by atoms with E-state index in [4.69, 9.17) is 10.9 Å². The molecule has 0 aromatic rings. The second-order valence-corrected chi connectivity index (χ2v) is 2.85. The third-order valence-electron chi connectivity index (χ3n) is 1.84. The van der Waals surface area contributed by atoms with Crippen LogP contribution >= 0.6 is 0 Å². The molecule has 0 saturated heterocycles. The largest absolute Gasteiger partial charge is 0.480 e. The van der Waals surface area contributed by atoms with Crippen LogP contribution in [-0.2, 0) is 4.79 Å². The number of carbonyl (C=O) groups is 1. The minimum Gasteiger partial charge on any atom is -0.480 e. The number of hydrogen-bond acceptors (Lipinski definition) is 3. The van der Waals surface area contributed by atoms with Gasteiger partial charge in [-0.25, -0.2) is 5.01 Å². The molecule has 0 aromatic carbocycles. The molecule has 0 aliphatic carbocycles. The molecule has 0 bridgehead atoms. The topological polar surface area (TPSA) is 66.6 Å². The number of aliphatic carboxylic acids is 1. The van der Waals surface area contributed by atoms with E-state index in [1.165, 1.54) is 5.01 Å². The number of nitrogens with two attached hydrogens (primary N) is 1. The van der Waals surface area contributed by atoms with Gasteiger partial charge in [-0.3, -0.25) is 10.6 Å². The quantitative estimate of drug-likeness (QED) is 0.462. The van der Waals surface area contributed by atoms with Gasteiger partial charge in [0.15, 0.2) is 0 Å². The Morgan fingerprint density at radius 1 is 1.58 bits per heavy atom. The normalized spacial score (nSPS) is 13.3. The molecule has 0 rings (SSSR count). The van der Waals surface area contributed by atoms with Crippen LogP contribution in [-0.4, -0.2) is 28.7 Å². The monoisotopic (exact) mass is 174 g/mol. The maximum Gasteiger partial charge on any atom is 0.322 e. The second kappa shape index (κ2) is 5.97. The summed E-state index contributed by atoms with van der Waals surface area (Å²) < 4.78 is 0. The summed E-state index contributed by atoms with van der Waals surface area (Å²) in [5, 5.41) is 10.1. The van der Waals surface area contributed by atoms with E-state index in [2.05, 4.69) is 6.92 Å². The maximum atomic E-state index is 10.6. The van der Waals surface area contributed by atoms with Crippen molar-refractivity contribution in [2.75, 3.05) is 6.54 Å². The molecule has 4 heteroatoms. The van der Waals surface area contributed by atoms with Crippen LogP contribution in [0.4, 0.5) is 0 Å².